The van der Waals surface area contributed by atoms with Crippen LogP contribution in [-0.2, 0) is 5.60 Å². The van der Waals surface area contributed by atoms with Crippen LogP contribution >= 0.6 is 0 Å². The van der Waals surface area contributed by atoms with E-state index in [-0.39, 0.29) is 24.4 Å². The minimum atomic E-state index is -1.24. The van der Waals surface area contributed by atoms with Crippen molar-refractivity contribution in [3.05, 3.63) is 35.6 Å². The lowest BCUT2D eigenvalue weighted by Gasteiger charge is -2.30. The first-order valence-electron chi connectivity index (χ1n) is 7.58. The van der Waals surface area contributed by atoms with Crippen LogP contribution in [0.15, 0.2) is 24.3 Å². The van der Waals surface area contributed by atoms with Gasteiger partial charge in [0.05, 0.1) is 6.54 Å². The van der Waals surface area contributed by atoms with Crippen LogP contribution in [0, 0.1) is 5.82 Å². The summed E-state index contributed by atoms with van der Waals surface area (Å²) < 4.78 is 12.9. The highest BCUT2D eigenvalue weighted by Gasteiger charge is 2.25. The first kappa shape index (κ1) is 16.7. The number of aliphatic hydroxyl groups is 1. The molecule has 0 bridgehead atoms. The second-order valence-corrected chi connectivity index (χ2v) is 6.19. The molecule has 0 aromatic heterocycles. The third-order valence-corrected chi connectivity index (χ3v) is 4.11. The van der Waals surface area contributed by atoms with Crippen LogP contribution in [0.3, 0.4) is 0 Å². The van der Waals surface area contributed by atoms with Gasteiger partial charge in [-0.15, -0.1) is 0 Å². The van der Waals surface area contributed by atoms with Crippen molar-refractivity contribution in [2.24, 2.45) is 0 Å². The predicted octanol–water partition coefficient (Wildman–Crippen LogP) is 1.43. The second kappa shape index (κ2) is 7.07. The third kappa shape index (κ3) is 4.68. The van der Waals surface area contributed by atoms with E-state index >= 15 is 0 Å². The summed E-state index contributed by atoms with van der Waals surface area (Å²) in [5.41, 5.74) is -0.675. The van der Waals surface area contributed by atoms with E-state index < -0.39 is 5.60 Å². The molecule has 0 saturated carbocycles. The van der Waals surface area contributed by atoms with Gasteiger partial charge < -0.3 is 20.6 Å². The monoisotopic (exact) mass is 309 g/mol. The summed E-state index contributed by atoms with van der Waals surface area (Å²) >= 11 is 0. The Kier molecular flexibility index (Phi) is 5.37. The molecule has 1 aromatic carbocycles. The Hall–Kier alpha value is -1.66. The van der Waals surface area contributed by atoms with Gasteiger partial charge in [-0.3, -0.25) is 0 Å². The number of likely N-dealkylation sites (tertiary alicyclic amines) is 1. The number of carbonyl (C=O) groups is 1. The zero-order valence-corrected chi connectivity index (χ0v) is 13.1. The molecule has 1 heterocycles. The van der Waals surface area contributed by atoms with Crippen LogP contribution in [-0.4, -0.2) is 48.8 Å². The van der Waals surface area contributed by atoms with Gasteiger partial charge in [0.25, 0.3) is 0 Å². The molecule has 1 aliphatic heterocycles. The lowest BCUT2D eigenvalue weighted by Crippen LogP contribution is -2.49. The molecule has 22 heavy (non-hydrogen) atoms. The molecular weight excluding hydrogens is 285 g/mol. The van der Waals surface area contributed by atoms with E-state index in [0.29, 0.717) is 5.56 Å². The molecule has 1 saturated heterocycles. The minimum Gasteiger partial charge on any atom is -0.384 e. The number of urea groups is 1. The van der Waals surface area contributed by atoms with Crippen molar-refractivity contribution in [1.29, 1.82) is 0 Å². The van der Waals surface area contributed by atoms with Gasteiger partial charge in [0, 0.05) is 6.04 Å². The third-order valence-electron chi connectivity index (χ3n) is 4.11. The molecule has 1 fully saturated rings. The normalized spacial score (nSPS) is 19.5. The highest BCUT2D eigenvalue weighted by atomic mass is 19.1. The molecular formula is C16H24FN3O2. The van der Waals surface area contributed by atoms with Gasteiger partial charge in [-0.05, 0) is 57.6 Å². The summed E-state index contributed by atoms with van der Waals surface area (Å²) in [4.78, 5) is 14.1. The topological polar surface area (TPSA) is 64.6 Å². The van der Waals surface area contributed by atoms with Crippen LogP contribution in [0.4, 0.5) is 9.18 Å². The van der Waals surface area contributed by atoms with Gasteiger partial charge >= 0.3 is 6.03 Å². The Balaban J connectivity index is 1.81. The predicted molar refractivity (Wildman–Crippen MR) is 83.0 cm³/mol. The first-order chi connectivity index (χ1) is 10.4. The molecule has 3 N–H and O–H groups in total. The number of amides is 2. The SMILES string of the molecule is CN1CCC(NC(=O)NCC(C)(O)c2ccc(F)cc2)CC1. The highest BCUT2D eigenvalue weighted by Crippen LogP contribution is 2.19. The zero-order chi connectivity index (χ0) is 16.2. The van der Waals surface area contributed by atoms with Crippen LogP contribution in [0.25, 0.3) is 0 Å². The fourth-order valence-electron chi connectivity index (χ4n) is 2.55. The van der Waals surface area contributed by atoms with Crippen molar-refractivity contribution < 1.29 is 14.3 Å². The Morgan fingerprint density at radius 2 is 1.95 bits per heavy atom. The van der Waals surface area contributed by atoms with Gasteiger partial charge in [0.1, 0.15) is 11.4 Å². The molecule has 5 nitrogen and oxygen atoms in total. The summed E-state index contributed by atoms with van der Waals surface area (Å²) in [5.74, 6) is -0.354. The Labute approximate surface area is 130 Å². The molecule has 0 aliphatic carbocycles. The molecule has 2 rings (SSSR count). The van der Waals surface area contributed by atoms with Gasteiger partial charge in [0.2, 0.25) is 0 Å². The van der Waals surface area contributed by atoms with Crippen LogP contribution in [0.5, 0.6) is 0 Å². The summed E-state index contributed by atoms with van der Waals surface area (Å²) in [7, 11) is 2.07. The van der Waals surface area contributed by atoms with E-state index in [0.717, 1.165) is 25.9 Å². The molecule has 2 amide bonds. The first-order valence-corrected chi connectivity index (χ1v) is 7.58. The zero-order valence-electron chi connectivity index (χ0n) is 13.1. The molecule has 1 aromatic rings. The maximum Gasteiger partial charge on any atom is 0.315 e. The van der Waals surface area contributed by atoms with Crippen molar-refractivity contribution in [2.45, 2.75) is 31.4 Å². The number of benzene rings is 1. The van der Waals surface area contributed by atoms with Crippen LogP contribution < -0.4 is 10.6 Å². The van der Waals surface area contributed by atoms with E-state index in [4.69, 9.17) is 0 Å². The maximum absolute atomic E-state index is 12.9. The van der Waals surface area contributed by atoms with E-state index in [2.05, 4.69) is 22.6 Å². The lowest BCUT2D eigenvalue weighted by atomic mass is 9.96. The molecule has 1 unspecified atom stereocenters. The maximum atomic E-state index is 12.9. The average Bonchev–Trinajstić information content (AvgIpc) is 2.48. The molecule has 1 atom stereocenters. The quantitative estimate of drug-likeness (QED) is 0.788. The summed E-state index contributed by atoms with van der Waals surface area (Å²) in [6.45, 7) is 3.60. The van der Waals surface area contributed by atoms with Crippen molar-refractivity contribution in [1.82, 2.24) is 15.5 Å². The number of carbonyl (C=O) groups excluding carboxylic acids is 1. The van der Waals surface area contributed by atoms with Gasteiger partial charge in [-0.25, -0.2) is 9.18 Å². The van der Waals surface area contributed by atoms with Crippen LogP contribution in [0.2, 0.25) is 0 Å². The smallest absolute Gasteiger partial charge is 0.315 e. The van der Waals surface area contributed by atoms with Crippen molar-refractivity contribution in [3.8, 4) is 0 Å². The number of nitrogens with zero attached hydrogens (tertiary/aromatic N) is 1. The fourth-order valence-corrected chi connectivity index (χ4v) is 2.55. The molecule has 0 spiro atoms. The molecule has 6 heteroatoms. The van der Waals surface area contributed by atoms with E-state index in [1.807, 2.05) is 0 Å². The van der Waals surface area contributed by atoms with Gasteiger partial charge in [-0.2, -0.15) is 0 Å². The standard InChI is InChI=1S/C16H24FN3O2/c1-16(22,12-3-5-13(17)6-4-12)11-18-15(21)19-14-7-9-20(2)10-8-14/h3-6,14,22H,7-11H2,1-2H3,(H2,18,19,21). The largest absolute Gasteiger partial charge is 0.384 e. The number of hydrogen-bond acceptors (Lipinski definition) is 3. The van der Waals surface area contributed by atoms with Crippen molar-refractivity contribution in [2.75, 3.05) is 26.7 Å². The number of halogens is 1. The fraction of sp³-hybridized carbons (Fsp3) is 0.562. The van der Waals surface area contributed by atoms with E-state index in [1.165, 1.54) is 24.3 Å². The second-order valence-electron chi connectivity index (χ2n) is 6.19. The lowest BCUT2D eigenvalue weighted by molar-refractivity contribution is 0.0590. The summed E-state index contributed by atoms with van der Waals surface area (Å²) in [6.07, 6.45) is 1.86. The highest BCUT2D eigenvalue weighted by molar-refractivity contribution is 5.74. The number of nitrogens with one attached hydrogen (secondary N) is 2. The summed E-state index contributed by atoms with van der Waals surface area (Å²) in [5, 5.41) is 16.0. The van der Waals surface area contributed by atoms with E-state index in [9.17, 15) is 14.3 Å². The Morgan fingerprint density at radius 1 is 1.36 bits per heavy atom. The molecule has 1 aliphatic rings. The number of piperidine rings is 1. The van der Waals surface area contributed by atoms with Crippen molar-refractivity contribution >= 4 is 6.03 Å². The van der Waals surface area contributed by atoms with Gasteiger partial charge in [0.15, 0.2) is 0 Å². The average molecular weight is 309 g/mol. The minimum absolute atomic E-state index is 0.0666. The molecule has 0 radical (unpaired) electrons. The summed E-state index contributed by atoms with van der Waals surface area (Å²) in [6, 6.07) is 5.52. The van der Waals surface area contributed by atoms with Gasteiger partial charge in [-0.1, -0.05) is 12.1 Å². The Bertz CT molecular complexity index is 497. The molecule has 122 valence electrons. The number of hydrogen-bond donors (Lipinski definition) is 3. The van der Waals surface area contributed by atoms with Crippen molar-refractivity contribution in [3.63, 3.8) is 0 Å². The Morgan fingerprint density at radius 3 is 2.55 bits per heavy atom. The number of rotatable bonds is 4. The van der Waals surface area contributed by atoms with Crippen LogP contribution in [0.1, 0.15) is 25.3 Å². The van der Waals surface area contributed by atoms with E-state index in [1.54, 1.807) is 6.92 Å².